The molecule has 2 fully saturated rings. The van der Waals surface area contributed by atoms with E-state index in [4.69, 9.17) is 10.00 Å². The Morgan fingerprint density at radius 2 is 2.23 bits per heavy atom. The smallest absolute Gasteiger partial charge is 0.246 e. The van der Waals surface area contributed by atoms with Crippen LogP contribution in [0.25, 0.3) is 0 Å². The van der Waals surface area contributed by atoms with Crippen molar-refractivity contribution in [1.82, 2.24) is 9.62 Å². The number of sulfonamides is 1. The lowest BCUT2D eigenvalue weighted by atomic mass is 9.87. The molecule has 1 aromatic carbocycles. The van der Waals surface area contributed by atoms with Crippen LogP contribution >= 0.6 is 0 Å². The Balaban J connectivity index is 1.92. The maximum atomic E-state index is 12.9. The minimum absolute atomic E-state index is 0.0763. The Kier molecular flexibility index (Phi) is 3.85. The zero-order valence-corrected chi connectivity index (χ0v) is 13.3. The van der Waals surface area contributed by atoms with Crippen LogP contribution in [0.5, 0.6) is 5.75 Å². The fraction of sp³-hybridized carbons (Fsp3) is 0.533. The fourth-order valence-electron chi connectivity index (χ4n) is 3.33. The lowest BCUT2D eigenvalue weighted by Gasteiger charge is -2.23. The number of nitrogens with one attached hydrogen (secondary N) is 1. The second-order valence-electron chi connectivity index (χ2n) is 5.99. The van der Waals surface area contributed by atoms with E-state index >= 15 is 0 Å². The van der Waals surface area contributed by atoms with Gasteiger partial charge < -0.3 is 10.1 Å². The molecule has 1 unspecified atom stereocenters. The zero-order chi connectivity index (χ0) is 15.8. The Hall–Kier alpha value is -1.62. The van der Waals surface area contributed by atoms with Crippen LogP contribution in [0.3, 0.4) is 0 Å². The van der Waals surface area contributed by atoms with Gasteiger partial charge in [-0.25, -0.2) is 8.42 Å². The number of methoxy groups -OCH3 is 1. The second kappa shape index (κ2) is 5.54. The van der Waals surface area contributed by atoms with Crippen molar-refractivity contribution < 1.29 is 13.2 Å². The van der Waals surface area contributed by atoms with Gasteiger partial charge in [0.15, 0.2) is 0 Å². The number of ether oxygens (including phenoxy) is 1. The van der Waals surface area contributed by atoms with Gasteiger partial charge in [-0.1, -0.05) is 0 Å². The van der Waals surface area contributed by atoms with Crippen LogP contribution in [0.1, 0.15) is 18.4 Å². The van der Waals surface area contributed by atoms with Crippen molar-refractivity contribution in [3.8, 4) is 11.8 Å². The van der Waals surface area contributed by atoms with Gasteiger partial charge in [0.2, 0.25) is 10.0 Å². The summed E-state index contributed by atoms with van der Waals surface area (Å²) in [4.78, 5) is 0.136. The Morgan fingerprint density at radius 1 is 1.41 bits per heavy atom. The largest absolute Gasteiger partial charge is 0.495 e. The highest BCUT2D eigenvalue weighted by atomic mass is 32.2. The summed E-state index contributed by atoms with van der Waals surface area (Å²) in [6.07, 6.45) is 1.90. The minimum Gasteiger partial charge on any atom is -0.495 e. The predicted molar refractivity (Wildman–Crippen MR) is 81.0 cm³/mol. The first-order chi connectivity index (χ1) is 10.5. The highest BCUT2D eigenvalue weighted by Gasteiger charge is 2.45. The fourth-order valence-corrected chi connectivity index (χ4v) is 5.02. The van der Waals surface area contributed by atoms with Gasteiger partial charge >= 0.3 is 0 Å². The maximum absolute atomic E-state index is 12.9. The molecule has 0 bridgehead atoms. The molecule has 1 N–H and O–H groups in total. The summed E-state index contributed by atoms with van der Waals surface area (Å²) in [6.45, 7) is 2.91. The molecule has 1 atom stereocenters. The van der Waals surface area contributed by atoms with Crippen LogP contribution in [-0.4, -0.2) is 46.0 Å². The first-order valence-electron chi connectivity index (χ1n) is 7.30. The molecule has 0 saturated carbocycles. The van der Waals surface area contributed by atoms with Gasteiger partial charge in [-0.3, -0.25) is 0 Å². The number of nitriles is 1. The molecular formula is C15H19N3O3S. The summed E-state index contributed by atoms with van der Waals surface area (Å²) in [5.74, 6) is 0.226. The summed E-state index contributed by atoms with van der Waals surface area (Å²) in [5.41, 5.74) is 0.459. The molecule has 0 aliphatic carbocycles. The van der Waals surface area contributed by atoms with E-state index < -0.39 is 10.0 Å². The first-order valence-corrected chi connectivity index (χ1v) is 8.74. The monoisotopic (exact) mass is 321 g/mol. The van der Waals surface area contributed by atoms with Crippen LogP contribution in [0, 0.1) is 16.7 Å². The predicted octanol–water partition coefficient (Wildman–Crippen LogP) is 0.941. The van der Waals surface area contributed by atoms with E-state index in [1.165, 1.54) is 25.3 Å². The van der Waals surface area contributed by atoms with Gasteiger partial charge in [0.1, 0.15) is 10.6 Å². The van der Waals surface area contributed by atoms with E-state index in [-0.39, 0.29) is 16.1 Å². The van der Waals surface area contributed by atoms with Crippen molar-refractivity contribution in [3.05, 3.63) is 23.8 Å². The number of rotatable bonds is 3. The molecule has 22 heavy (non-hydrogen) atoms. The third-order valence-corrected chi connectivity index (χ3v) is 6.53. The van der Waals surface area contributed by atoms with Crippen LogP contribution in [-0.2, 0) is 10.0 Å². The number of nitrogens with zero attached hydrogens (tertiary/aromatic N) is 2. The van der Waals surface area contributed by atoms with E-state index in [0.717, 1.165) is 25.9 Å². The van der Waals surface area contributed by atoms with E-state index in [0.29, 0.717) is 18.7 Å². The summed E-state index contributed by atoms with van der Waals surface area (Å²) < 4.78 is 32.5. The third kappa shape index (κ3) is 2.47. The molecule has 0 radical (unpaired) electrons. The van der Waals surface area contributed by atoms with Crippen molar-refractivity contribution in [2.75, 3.05) is 33.3 Å². The van der Waals surface area contributed by atoms with Gasteiger partial charge in [-0.05, 0) is 43.0 Å². The molecule has 6 nitrogen and oxygen atoms in total. The first kappa shape index (κ1) is 15.3. The Morgan fingerprint density at radius 3 is 2.86 bits per heavy atom. The van der Waals surface area contributed by atoms with Crippen molar-refractivity contribution in [1.29, 1.82) is 5.26 Å². The highest BCUT2D eigenvalue weighted by Crippen LogP contribution is 2.39. The second-order valence-corrected chi connectivity index (χ2v) is 7.90. The molecule has 2 saturated heterocycles. The van der Waals surface area contributed by atoms with Crippen LogP contribution in [0.15, 0.2) is 23.1 Å². The zero-order valence-electron chi connectivity index (χ0n) is 12.5. The standard InChI is InChI=1S/C15H19N3O3S/c1-21-13-8-12(9-16)2-3-14(13)22(19,20)18-7-5-15(11-18)4-6-17-10-15/h2-3,8,17H,4-7,10-11H2,1H3. The minimum atomic E-state index is -3.60. The van der Waals surface area contributed by atoms with E-state index in [1.54, 1.807) is 4.31 Å². The lowest BCUT2D eigenvalue weighted by molar-refractivity contribution is 0.337. The van der Waals surface area contributed by atoms with Gasteiger partial charge in [-0.2, -0.15) is 9.57 Å². The van der Waals surface area contributed by atoms with E-state index in [1.807, 2.05) is 6.07 Å². The number of hydrogen-bond donors (Lipinski definition) is 1. The Labute approximate surface area is 130 Å². The summed E-state index contributed by atoms with van der Waals surface area (Å²) in [6, 6.07) is 6.44. The van der Waals surface area contributed by atoms with Gasteiger partial charge in [0.25, 0.3) is 0 Å². The lowest BCUT2D eigenvalue weighted by Crippen LogP contribution is -2.33. The average molecular weight is 321 g/mol. The normalized spacial score (nSPS) is 25.5. The molecular weight excluding hydrogens is 302 g/mol. The van der Waals surface area contributed by atoms with E-state index in [2.05, 4.69) is 5.32 Å². The molecule has 0 amide bonds. The summed E-state index contributed by atoms with van der Waals surface area (Å²) in [5, 5.41) is 12.3. The molecule has 2 heterocycles. The molecule has 1 spiro atoms. The van der Waals surface area contributed by atoms with Gasteiger partial charge in [0.05, 0.1) is 18.7 Å². The molecule has 7 heteroatoms. The molecule has 0 aromatic heterocycles. The van der Waals surface area contributed by atoms with Crippen molar-refractivity contribution >= 4 is 10.0 Å². The van der Waals surface area contributed by atoms with Crippen LogP contribution in [0.2, 0.25) is 0 Å². The Bertz CT molecular complexity index is 718. The molecule has 118 valence electrons. The maximum Gasteiger partial charge on any atom is 0.246 e. The number of hydrogen-bond acceptors (Lipinski definition) is 5. The molecule has 2 aliphatic heterocycles. The van der Waals surface area contributed by atoms with Crippen LogP contribution in [0.4, 0.5) is 0 Å². The SMILES string of the molecule is COc1cc(C#N)ccc1S(=O)(=O)N1CCC2(CCNC2)C1. The molecule has 1 aromatic rings. The molecule has 2 aliphatic rings. The van der Waals surface area contributed by atoms with Crippen LogP contribution < -0.4 is 10.1 Å². The average Bonchev–Trinajstić information content (AvgIpc) is 3.17. The highest BCUT2D eigenvalue weighted by molar-refractivity contribution is 7.89. The topological polar surface area (TPSA) is 82.4 Å². The van der Waals surface area contributed by atoms with Gasteiger partial charge in [-0.15, -0.1) is 0 Å². The van der Waals surface area contributed by atoms with Gasteiger partial charge in [0, 0.05) is 19.6 Å². The van der Waals surface area contributed by atoms with E-state index in [9.17, 15) is 8.42 Å². The van der Waals surface area contributed by atoms with Crippen molar-refractivity contribution in [2.45, 2.75) is 17.7 Å². The molecule has 3 rings (SSSR count). The summed E-state index contributed by atoms with van der Waals surface area (Å²) in [7, 11) is -2.18. The third-order valence-electron chi connectivity index (χ3n) is 4.65. The van der Waals surface area contributed by atoms with Crippen molar-refractivity contribution in [3.63, 3.8) is 0 Å². The number of benzene rings is 1. The summed E-state index contributed by atoms with van der Waals surface area (Å²) >= 11 is 0. The quantitative estimate of drug-likeness (QED) is 0.896. The van der Waals surface area contributed by atoms with Crippen molar-refractivity contribution in [2.24, 2.45) is 5.41 Å².